The first-order chi connectivity index (χ1) is 11.5. The maximum absolute atomic E-state index is 13.2. The molecule has 1 saturated heterocycles. The van der Waals surface area contributed by atoms with E-state index in [2.05, 4.69) is 0 Å². The summed E-state index contributed by atoms with van der Waals surface area (Å²) in [6.07, 6.45) is 2.86. The van der Waals surface area contributed by atoms with Crippen molar-refractivity contribution >= 4 is 17.5 Å². The van der Waals surface area contributed by atoms with Gasteiger partial charge in [0.15, 0.2) is 0 Å². The topological polar surface area (TPSA) is 20.3 Å². The molecule has 24 heavy (non-hydrogen) atoms. The van der Waals surface area contributed by atoms with Crippen LogP contribution in [0.2, 0.25) is 5.02 Å². The van der Waals surface area contributed by atoms with Crippen LogP contribution in [-0.4, -0.2) is 23.9 Å². The van der Waals surface area contributed by atoms with E-state index in [1.54, 1.807) is 17.0 Å². The van der Waals surface area contributed by atoms with E-state index in [0.717, 1.165) is 30.9 Å². The Labute approximate surface area is 145 Å². The van der Waals surface area contributed by atoms with Crippen molar-refractivity contribution in [2.75, 3.05) is 13.1 Å². The molecule has 1 aliphatic rings. The molecule has 1 atom stereocenters. The average molecular weight is 350 g/mol. The molecule has 1 heterocycles. The fraction of sp³-hybridized carbons (Fsp3) is 0.316. The number of halogens is 3. The van der Waals surface area contributed by atoms with E-state index in [1.165, 1.54) is 24.3 Å². The Morgan fingerprint density at radius 3 is 2.46 bits per heavy atom. The molecule has 1 amide bonds. The van der Waals surface area contributed by atoms with Gasteiger partial charge in [0.05, 0.1) is 10.6 Å². The number of hydrogen-bond acceptors (Lipinski definition) is 1. The first kappa shape index (κ1) is 16.9. The number of benzene rings is 2. The van der Waals surface area contributed by atoms with Crippen molar-refractivity contribution < 1.29 is 13.6 Å². The smallest absolute Gasteiger partial charge is 0.255 e. The Bertz CT molecular complexity index is 733. The lowest BCUT2D eigenvalue weighted by Crippen LogP contribution is -2.34. The second-order valence-corrected chi connectivity index (χ2v) is 6.53. The third-order valence-corrected chi connectivity index (χ3v) is 4.77. The Hall–Kier alpha value is -1.94. The number of carbonyl (C=O) groups is 1. The van der Waals surface area contributed by atoms with Crippen molar-refractivity contribution in [3.8, 4) is 0 Å². The SMILES string of the molecule is O=C(c1ccc(F)cc1Cl)N1CCCCC(c2ccc(F)cc2)C1. The van der Waals surface area contributed by atoms with Gasteiger partial charge in [-0.1, -0.05) is 30.2 Å². The van der Waals surface area contributed by atoms with E-state index in [1.807, 2.05) is 0 Å². The second-order valence-electron chi connectivity index (χ2n) is 6.12. The summed E-state index contributed by atoms with van der Waals surface area (Å²) < 4.78 is 26.3. The van der Waals surface area contributed by atoms with Gasteiger partial charge in [0.25, 0.3) is 5.91 Å². The molecular formula is C19H18ClF2NO. The molecule has 0 aromatic heterocycles. The quantitative estimate of drug-likeness (QED) is 0.744. The maximum Gasteiger partial charge on any atom is 0.255 e. The van der Waals surface area contributed by atoms with Gasteiger partial charge in [-0.05, 0) is 48.7 Å². The Morgan fingerprint density at radius 1 is 1.04 bits per heavy atom. The molecule has 2 nitrogen and oxygen atoms in total. The number of carbonyl (C=O) groups excluding carboxylic acids is 1. The van der Waals surface area contributed by atoms with Crippen LogP contribution < -0.4 is 0 Å². The predicted octanol–water partition coefficient (Wildman–Crippen LogP) is 5.03. The fourth-order valence-electron chi connectivity index (χ4n) is 3.17. The summed E-state index contributed by atoms with van der Waals surface area (Å²) in [5.74, 6) is -0.750. The minimum atomic E-state index is -0.461. The van der Waals surface area contributed by atoms with E-state index in [-0.39, 0.29) is 22.7 Å². The first-order valence-corrected chi connectivity index (χ1v) is 8.42. The van der Waals surface area contributed by atoms with E-state index in [9.17, 15) is 13.6 Å². The van der Waals surface area contributed by atoms with Crippen LogP contribution in [0, 0.1) is 11.6 Å². The molecule has 0 bridgehead atoms. The molecular weight excluding hydrogens is 332 g/mol. The molecule has 2 aromatic rings. The molecule has 0 aliphatic carbocycles. The minimum absolute atomic E-state index is 0.127. The summed E-state index contributed by atoms with van der Waals surface area (Å²) in [5.41, 5.74) is 1.35. The average Bonchev–Trinajstić information content (AvgIpc) is 2.81. The summed E-state index contributed by atoms with van der Waals surface area (Å²) in [6.45, 7) is 1.20. The molecule has 0 spiro atoms. The standard InChI is InChI=1S/C19H18ClF2NO/c20-18-11-16(22)8-9-17(18)19(24)23-10-2-1-3-14(12-23)13-4-6-15(21)7-5-13/h4-9,11,14H,1-3,10,12H2. The van der Waals surface area contributed by atoms with Crippen LogP contribution in [0.25, 0.3) is 0 Å². The van der Waals surface area contributed by atoms with E-state index in [0.29, 0.717) is 18.7 Å². The van der Waals surface area contributed by atoms with Crippen LogP contribution in [0.5, 0.6) is 0 Å². The number of nitrogens with zero attached hydrogens (tertiary/aromatic N) is 1. The minimum Gasteiger partial charge on any atom is -0.338 e. The van der Waals surface area contributed by atoms with Crippen molar-refractivity contribution in [1.29, 1.82) is 0 Å². The Morgan fingerprint density at radius 2 is 1.75 bits per heavy atom. The van der Waals surface area contributed by atoms with Crippen LogP contribution in [0.1, 0.15) is 41.1 Å². The highest BCUT2D eigenvalue weighted by Crippen LogP contribution is 2.28. The molecule has 0 radical (unpaired) electrons. The lowest BCUT2D eigenvalue weighted by Gasteiger charge is -2.25. The van der Waals surface area contributed by atoms with Gasteiger partial charge in [-0.25, -0.2) is 8.78 Å². The zero-order valence-electron chi connectivity index (χ0n) is 13.1. The lowest BCUT2D eigenvalue weighted by molar-refractivity contribution is 0.0754. The predicted molar refractivity (Wildman–Crippen MR) is 90.3 cm³/mol. The molecule has 5 heteroatoms. The number of rotatable bonds is 2. The van der Waals surface area contributed by atoms with Crippen LogP contribution in [0.4, 0.5) is 8.78 Å². The van der Waals surface area contributed by atoms with Gasteiger partial charge in [0.1, 0.15) is 11.6 Å². The van der Waals surface area contributed by atoms with Gasteiger partial charge in [-0.15, -0.1) is 0 Å². The van der Waals surface area contributed by atoms with Crippen LogP contribution in [0.15, 0.2) is 42.5 Å². The highest BCUT2D eigenvalue weighted by molar-refractivity contribution is 6.33. The van der Waals surface area contributed by atoms with Gasteiger partial charge in [0.2, 0.25) is 0 Å². The zero-order chi connectivity index (χ0) is 17.1. The Kier molecular flexibility index (Phi) is 5.14. The number of amides is 1. The monoisotopic (exact) mass is 349 g/mol. The van der Waals surface area contributed by atoms with Crippen molar-refractivity contribution in [3.05, 3.63) is 70.2 Å². The number of likely N-dealkylation sites (tertiary alicyclic amines) is 1. The maximum atomic E-state index is 13.2. The molecule has 0 saturated carbocycles. The van der Waals surface area contributed by atoms with Gasteiger partial charge in [-0.2, -0.15) is 0 Å². The zero-order valence-corrected chi connectivity index (χ0v) is 13.9. The second kappa shape index (κ2) is 7.31. The normalized spacial score (nSPS) is 18.3. The third-order valence-electron chi connectivity index (χ3n) is 4.46. The summed E-state index contributed by atoms with van der Waals surface area (Å²) in [4.78, 5) is 14.5. The molecule has 3 rings (SSSR count). The molecule has 1 aliphatic heterocycles. The van der Waals surface area contributed by atoms with E-state index < -0.39 is 5.82 Å². The van der Waals surface area contributed by atoms with Crippen molar-refractivity contribution in [3.63, 3.8) is 0 Å². The molecule has 1 unspecified atom stereocenters. The van der Waals surface area contributed by atoms with Gasteiger partial charge < -0.3 is 4.90 Å². The Balaban J connectivity index is 1.81. The highest BCUT2D eigenvalue weighted by Gasteiger charge is 2.25. The molecule has 0 N–H and O–H groups in total. The van der Waals surface area contributed by atoms with E-state index >= 15 is 0 Å². The van der Waals surface area contributed by atoms with Crippen molar-refractivity contribution in [2.45, 2.75) is 25.2 Å². The molecule has 126 valence electrons. The highest BCUT2D eigenvalue weighted by atomic mass is 35.5. The van der Waals surface area contributed by atoms with Crippen molar-refractivity contribution in [2.24, 2.45) is 0 Å². The van der Waals surface area contributed by atoms with Gasteiger partial charge in [-0.3, -0.25) is 4.79 Å². The van der Waals surface area contributed by atoms with E-state index in [4.69, 9.17) is 11.6 Å². The first-order valence-electron chi connectivity index (χ1n) is 8.04. The van der Waals surface area contributed by atoms with Crippen LogP contribution in [-0.2, 0) is 0 Å². The molecule has 1 fully saturated rings. The van der Waals surface area contributed by atoms with Crippen LogP contribution >= 0.6 is 11.6 Å². The third kappa shape index (κ3) is 3.75. The molecule has 2 aromatic carbocycles. The fourth-order valence-corrected chi connectivity index (χ4v) is 3.41. The summed E-state index contributed by atoms with van der Waals surface area (Å²) in [7, 11) is 0. The largest absolute Gasteiger partial charge is 0.338 e. The summed E-state index contributed by atoms with van der Waals surface area (Å²) in [6, 6.07) is 10.3. The summed E-state index contributed by atoms with van der Waals surface area (Å²) in [5, 5.41) is 0.127. The number of hydrogen-bond donors (Lipinski definition) is 0. The van der Waals surface area contributed by atoms with Crippen molar-refractivity contribution in [1.82, 2.24) is 4.90 Å². The summed E-state index contributed by atoms with van der Waals surface area (Å²) >= 11 is 6.03. The van der Waals surface area contributed by atoms with Crippen LogP contribution in [0.3, 0.4) is 0 Å². The van der Waals surface area contributed by atoms with Gasteiger partial charge in [0, 0.05) is 19.0 Å². The van der Waals surface area contributed by atoms with Gasteiger partial charge >= 0.3 is 0 Å². The lowest BCUT2D eigenvalue weighted by atomic mass is 9.94.